The summed E-state index contributed by atoms with van der Waals surface area (Å²) in [6.45, 7) is 2.46. The lowest BCUT2D eigenvalue weighted by molar-refractivity contribution is 0.102. The lowest BCUT2D eigenvalue weighted by Gasteiger charge is -2.10. The van der Waals surface area contributed by atoms with E-state index in [0.29, 0.717) is 29.8 Å². The molecule has 0 radical (unpaired) electrons. The Labute approximate surface area is 157 Å². The van der Waals surface area contributed by atoms with Gasteiger partial charge >= 0.3 is 0 Å². The van der Waals surface area contributed by atoms with Crippen molar-refractivity contribution in [1.82, 2.24) is 9.78 Å². The number of nitrogens with two attached hydrogens (primary N) is 1. The molecule has 0 fully saturated rings. The highest BCUT2D eigenvalue weighted by atomic mass is 32.2. The highest BCUT2D eigenvalue weighted by Gasteiger charge is 2.15. The van der Waals surface area contributed by atoms with Gasteiger partial charge in [0.2, 0.25) is 10.0 Å². The second kappa shape index (κ2) is 7.73. The minimum absolute atomic E-state index is 0.0253. The first-order chi connectivity index (χ1) is 12.9. The van der Waals surface area contributed by atoms with E-state index in [9.17, 15) is 13.2 Å². The Kier molecular flexibility index (Phi) is 5.38. The zero-order chi connectivity index (χ0) is 19.4. The summed E-state index contributed by atoms with van der Waals surface area (Å²) in [6, 6.07) is 13.7. The first kappa shape index (κ1) is 18.8. The van der Waals surface area contributed by atoms with Gasteiger partial charge in [0.1, 0.15) is 0 Å². The van der Waals surface area contributed by atoms with Gasteiger partial charge in [-0.3, -0.25) is 9.48 Å². The fourth-order valence-corrected chi connectivity index (χ4v) is 3.60. The van der Waals surface area contributed by atoms with Crippen molar-refractivity contribution in [3.05, 3.63) is 77.6 Å². The quantitative estimate of drug-likeness (QED) is 0.680. The van der Waals surface area contributed by atoms with Crippen molar-refractivity contribution in [2.45, 2.75) is 24.8 Å². The smallest absolute Gasteiger partial charge is 0.255 e. The molecule has 27 heavy (non-hydrogen) atoms. The number of hydrogen-bond acceptors (Lipinski definition) is 4. The molecule has 0 atom stereocenters. The number of aryl methyl sites for hydroxylation is 1. The zero-order valence-electron chi connectivity index (χ0n) is 14.8. The summed E-state index contributed by atoms with van der Waals surface area (Å²) >= 11 is 0. The third-order valence-electron chi connectivity index (χ3n) is 4.13. The lowest BCUT2D eigenvalue weighted by Crippen LogP contribution is -2.16. The van der Waals surface area contributed by atoms with Crippen LogP contribution in [0, 0.1) is 0 Å². The fourth-order valence-electron chi connectivity index (χ4n) is 2.74. The minimum atomic E-state index is -3.86. The highest BCUT2D eigenvalue weighted by molar-refractivity contribution is 7.89. The molecule has 7 nitrogen and oxygen atoms in total. The number of benzene rings is 2. The van der Waals surface area contributed by atoms with Gasteiger partial charge in [-0.25, -0.2) is 13.6 Å². The number of nitrogens with one attached hydrogen (secondary N) is 1. The first-order valence-corrected chi connectivity index (χ1v) is 9.95. The maximum absolute atomic E-state index is 12.4. The molecule has 1 aromatic heterocycles. The number of carbonyl (C=O) groups excluding carboxylic acids is 1. The summed E-state index contributed by atoms with van der Waals surface area (Å²) in [4.78, 5) is 12.5. The third kappa shape index (κ3) is 4.60. The van der Waals surface area contributed by atoms with Crippen LogP contribution in [0.15, 0.2) is 65.8 Å². The van der Waals surface area contributed by atoms with E-state index in [-0.39, 0.29) is 10.8 Å². The molecule has 1 amide bonds. The van der Waals surface area contributed by atoms with E-state index in [2.05, 4.69) is 10.4 Å². The molecule has 0 aliphatic heterocycles. The number of aromatic nitrogens is 2. The molecule has 3 aromatic rings. The molecule has 2 aromatic carbocycles. The van der Waals surface area contributed by atoms with Gasteiger partial charge in [0.05, 0.1) is 11.4 Å². The average molecular weight is 384 g/mol. The first-order valence-electron chi connectivity index (χ1n) is 8.40. The van der Waals surface area contributed by atoms with Crippen LogP contribution >= 0.6 is 0 Å². The molecular formula is C19H20N4O3S. The maximum Gasteiger partial charge on any atom is 0.255 e. The molecule has 3 N–H and O–H groups in total. The van der Waals surface area contributed by atoms with E-state index in [1.165, 1.54) is 6.07 Å². The van der Waals surface area contributed by atoms with Crippen LogP contribution < -0.4 is 10.5 Å². The summed E-state index contributed by atoms with van der Waals surface area (Å²) in [6.07, 6.45) is 4.10. The molecule has 8 heteroatoms. The van der Waals surface area contributed by atoms with Crippen molar-refractivity contribution < 1.29 is 13.2 Å². The number of primary sulfonamides is 1. The SMILES string of the molecule is CCc1ccc(NC(=O)c2ccc(Cn3cccn3)cc2)cc1S(N)(=O)=O. The molecule has 0 aliphatic rings. The summed E-state index contributed by atoms with van der Waals surface area (Å²) in [5.74, 6) is -0.328. The van der Waals surface area contributed by atoms with Crippen molar-refractivity contribution >= 4 is 21.6 Å². The number of anilines is 1. The van der Waals surface area contributed by atoms with Crippen molar-refractivity contribution in [2.75, 3.05) is 5.32 Å². The molecule has 1 heterocycles. The Morgan fingerprint density at radius 2 is 1.93 bits per heavy atom. The van der Waals surface area contributed by atoms with Crippen molar-refractivity contribution in [1.29, 1.82) is 0 Å². The number of nitrogens with zero attached hydrogens (tertiary/aromatic N) is 2. The van der Waals surface area contributed by atoms with Gasteiger partial charge in [0.15, 0.2) is 0 Å². The highest BCUT2D eigenvalue weighted by Crippen LogP contribution is 2.21. The topological polar surface area (TPSA) is 107 Å². The maximum atomic E-state index is 12.4. The summed E-state index contributed by atoms with van der Waals surface area (Å²) in [7, 11) is -3.86. The van der Waals surface area contributed by atoms with E-state index in [4.69, 9.17) is 5.14 Å². The fraction of sp³-hybridized carbons (Fsp3) is 0.158. The van der Waals surface area contributed by atoms with Crippen LogP contribution in [0.5, 0.6) is 0 Å². The second-order valence-electron chi connectivity index (χ2n) is 6.08. The molecule has 0 saturated heterocycles. The average Bonchev–Trinajstić information content (AvgIpc) is 3.14. The van der Waals surface area contributed by atoms with Crippen LogP contribution in [-0.4, -0.2) is 24.1 Å². The Morgan fingerprint density at radius 3 is 2.52 bits per heavy atom. The number of hydrogen-bond donors (Lipinski definition) is 2. The monoisotopic (exact) mass is 384 g/mol. The van der Waals surface area contributed by atoms with E-state index in [1.807, 2.05) is 31.3 Å². The van der Waals surface area contributed by atoms with E-state index in [1.54, 1.807) is 35.1 Å². The van der Waals surface area contributed by atoms with Crippen LogP contribution in [0.2, 0.25) is 0 Å². The molecule has 0 saturated carbocycles. The molecule has 140 valence electrons. The molecule has 3 rings (SSSR count). The van der Waals surface area contributed by atoms with Crippen molar-refractivity contribution in [2.24, 2.45) is 5.14 Å². The van der Waals surface area contributed by atoms with Gasteiger partial charge in [-0.1, -0.05) is 25.1 Å². The van der Waals surface area contributed by atoms with Crippen LogP contribution in [0.25, 0.3) is 0 Å². The van der Waals surface area contributed by atoms with Crippen LogP contribution in [0.3, 0.4) is 0 Å². The molecule has 0 unspecified atom stereocenters. The summed E-state index contributed by atoms with van der Waals surface area (Å²) in [5, 5.41) is 12.1. The minimum Gasteiger partial charge on any atom is -0.322 e. The zero-order valence-corrected chi connectivity index (χ0v) is 15.6. The van der Waals surface area contributed by atoms with E-state index >= 15 is 0 Å². The Morgan fingerprint density at radius 1 is 1.19 bits per heavy atom. The van der Waals surface area contributed by atoms with Gasteiger partial charge in [-0.2, -0.15) is 5.10 Å². The molecular weight excluding hydrogens is 364 g/mol. The van der Waals surface area contributed by atoms with Gasteiger partial charge in [-0.05, 0) is 47.9 Å². The van der Waals surface area contributed by atoms with Crippen molar-refractivity contribution in [3.8, 4) is 0 Å². The van der Waals surface area contributed by atoms with Crippen LogP contribution in [-0.2, 0) is 23.0 Å². The van der Waals surface area contributed by atoms with Crippen LogP contribution in [0.4, 0.5) is 5.69 Å². The van der Waals surface area contributed by atoms with Gasteiger partial charge in [-0.15, -0.1) is 0 Å². The third-order valence-corrected chi connectivity index (χ3v) is 5.13. The molecule has 0 aliphatic carbocycles. The Balaban J connectivity index is 1.75. The Hall–Kier alpha value is -2.97. The molecule has 0 bridgehead atoms. The number of amides is 1. The Bertz CT molecular complexity index is 1040. The predicted molar refractivity (Wildman–Crippen MR) is 103 cm³/mol. The van der Waals surface area contributed by atoms with Crippen LogP contribution in [0.1, 0.15) is 28.4 Å². The molecule has 0 spiro atoms. The second-order valence-corrected chi connectivity index (χ2v) is 7.61. The predicted octanol–water partition coefficient (Wildman–Crippen LogP) is 2.39. The van der Waals surface area contributed by atoms with Crippen molar-refractivity contribution in [3.63, 3.8) is 0 Å². The van der Waals surface area contributed by atoms with E-state index < -0.39 is 10.0 Å². The summed E-state index contributed by atoms with van der Waals surface area (Å²) < 4.78 is 25.3. The largest absolute Gasteiger partial charge is 0.322 e. The summed E-state index contributed by atoms with van der Waals surface area (Å²) in [5.41, 5.74) is 2.47. The lowest BCUT2D eigenvalue weighted by atomic mass is 10.1. The number of carbonyl (C=O) groups is 1. The van der Waals surface area contributed by atoms with Gasteiger partial charge in [0.25, 0.3) is 5.91 Å². The standard InChI is InChI=1S/C19H20N4O3S/c1-2-15-8-9-17(12-18(15)27(20,25)26)22-19(24)16-6-4-14(5-7-16)13-23-11-3-10-21-23/h3-12H,2,13H2,1H3,(H,22,24)(H2,20,25,26). The van der Waals surface area contributed by atoms with Gasteiger partial charge < -0.3 is 5.32 Å². The number of sulfonamides is 1. The number of rotatable bonds is 6. The van der Waals surface area contributed by atoms with E-state index in [0.717, 1.165) is 5.56 Å². The normalized spacial score (nSPS) is 11.3. The van der Waals surface area contributed by atoms with Gasteiger partial charge in [0, 0.05) is 23.6 Å².